The second-order valence-electron chi connectivity index (χ2n) is 4.15. The van der Waals surface area contributed by atoms with Crippen LogP contribution in [0, 0.1) is 0 Å². The fraction of sp³-hybridized carbons (Fsp3) is 1.00. The van der Waals surface area contributed by atoms with E-state index >= 15 is 0 Å². The molecule has 2 nitrogen and oxygen atoms in total. The highest BCUT2D eigenvalue weighted by Crippen LogP contribution is 2.17. The Labute approximate surface area is 92.8 Å². The molecule has 0 aromatic rings. The number of hydrogen-bond donors (Lipinski definition) is 1. The average molecular weight is 216 g/mol. The van der Waals surface area contributed by atoms with Gasteiger partial charge in [0.15, 0.2) is 0 Å². The van der Waals surface area contributed by atoms with Crippen LogP contribution in [0.1, 0.15) is 26.2 Å². The van der Waals surface area contributed by atoms with Gasteiger partial charge in [0.05, 0.1) is 0 Å². The molecule has 14 heavy (non-hydrogen) atoms. The van der Waals surface area contributed by atoms with Gasteiger partial charge in [-0.25, -0.2) is 0 Å². The number of nitrogens with one attached hydrogen (secondary N) is 1. The van der Waals surface area contributed by atoms with Crippen LogP contribution in [-0.2, 0) is 0 Å². The zero-order chi connectivity index (χ0) is 10.2. The van der Waals surface area contributed by atoms with Crippen LogP contribution < -0.4 is 5.32 Å². The van der Waals surface area contributed by atoms with Gasteiger partial charge in [-0.1, -0.05) is 13.3 Å². The van der Waals surface area contributed by atoms with Crippen LogP contribution in [0.3, 0.4) is 0 Å². The lowest BCUT2D eigenvalue weighted by atomic mass is 10.2. The molecule has 84 valence electrons. The molecular formula is C11H24N2S. The molecule has 1 aliphatic heterocycles. The molecule has 1 heterocycles. The largest absolute Gasteiger partial charge is 0.320 e. The maximum atomic E-state index is 3.20. The standard InChI is InChI=1S/C11H24N2S/c1-11-10-13(8-9-14-11)7-5-3-4-6-12-2/h11-12H,3-10H2,1-2H3. The number of rotatable bonds is 6. The third kappa shape index (κ3) is 5.23. The van der Waals surface area contributed by atoms with Crippen LogP contribution in [-0.4, -0.2) is 49.1 Å². The minimum absolute atomic E-state index is 0.848. The monoisotopic (exact) mass is 216 g/mol. The lowest BCUT2D eigenvalue weighted by Gasteiger charge is -2.30. The minimum Gasteiger partial charge on any atom is -0.320 e. The third-order valence-electron chi connectivity index (χ3n) is 2.73. The Morgan fingerprint density at radius 3 is 2.93 bits per heavy atom. The molecule has 1 unspecified atom stereocenters. The summed E-state index contributed by atoms with van der Waals surface area (Å²) >= 11 is 2.12. The summed E-state index contributed by atoms with van der Waals surface area (Å²) in [4.78, 5) is 2.63. The van der Waals surface area contributed by atoms with Gasteiger partial charge in [0, 0.05) is 24.1 Å². The Hall–Kier alpha value is 0.270. The van der Waals surface area contributed by atoms with Crippen molar-refractivity contribution in [2.75, 3.05) is 39.0 Å². The van der Waals surface area contributed by atoms with Gasteiger partial charge in [-0.05, 0) is 33.0 Å². The summed E-state index contributed by atoms with van der Waals surface area (Å²) in [6.45, 7) is 7.44. The average Bonchev–Trinajstić information content (AvgIpc) is 2.18. The van der Waals surface area contributed by atoms with E-state index in [9.17, 15) is 0 Å². The molecule has 0 bridgehead atoms. The quantitative estimate of drug-likeness (QED) is 0.682. The molecule has 0 amide bonds. The molecule has 1 fully saturated rings. The van der Waals surface area contributed by atoms with Crippen molar-refractivity contribution in [3.05, 3.63) is 0 Å². The second-order valence-corrected chi connectivity index (χ2v) is 5.69. The highest BCUT2D eigenvalue weighted by Gasteiger charge is 2.15. The van der Waals surface area contributed by atoms with Crippen LogP contribution in [0.5, 0.6) is 0 Å². The zero-order valence-corrected chi connectivity index (χ0v) is 10.4. The number of nitrogens with zero attached hydrogens (tertiary/aromatic N) is 1. The van der Waals surface area contributed by atoms with Gasteiger partial charge in [0.25, 0.3) is 0 Å². The molecule has 0 aliphatic carbocycles. The second kappa shape index (κ2) is 7.55. The highest BCUT2D eigenvalue weighted by atomic mass is 32.2. The first-order valence-corrected chi connectivity index (χ1v) is 6.86. The van der Waals surface area contributed by atoms with Crippen molar-refractivity contribution in [2.45, 2.75) is 31.4 Å². The molecule has 0 aromatic carbocycles. The Morgan fingerprint density at radius 1 is 1.36 bits per heavy atom. The fourth-order valence-electron chi connectivity index (χ4n) is 1.91. The Bertz CT molecular complexity index is 141. The Balaban J connectivity index is 1.95. The first kappa shape index (κ1) is 12.3. The van der Waals surface area contributed by atoms with E-state index in [-0.39, 0.29) is 0 Å². The minimum atomic E-state index is 0.848. The summed E-state index contributed by atoms with van der Waals surface area (Å²) in [7, 11) is 2.03. The highest BCUT2D eigenvalue weighted by molar-refractivity contribution is 7.99. The number of thioether (sulfide) groups is 1. The van der Waals surface area contributed by atoms with Crippen molar-refractivity contribution < 1.29 is 0 Å². The van der Waals surface area contributed by atoms with Crippen LogP contribution in [0.25, 0.3) is 0 Å². The van der Waals surface area contributed by atoms with E-state index in [1.807, 2.05) is 7.05 Å². The van der Waals surface area contributed by atoms with Gasteiger partial charge in [-0.3, -0.25) is 0 Å². The predicted octanol–water partition coefficient (Wildman–Crippen LogP) is 1.81. The van der Waals surface area contributed by atoms with Crippen LogP contribution in [0.2, 0.25) is 0 Å². The number of unbranched alkanes of at least 4 members (excludes halogenated alkanes) is 2. The lowest BCUT2D eigenvalue weighted by molar-refractivity contribution is 0.279. The Kier molecular flexibility index (Phi) is 6.65. The topological polar surface area (TPSA) is 15.3 Å². The van der Waals surface area contributed by atoms with Crippen LogP contribution >= 0.6 is 11.8 Å². The molecule has 1 atom stereocenters. The first-order valence-electron chi connectivity index (χ1n) is 5.81. The van der Waals surface area contributed by atoms with Crippen molar-refractivity contribution >= 4 is 11.8 Å². The first-order chi connectivity index (χ1) is 6.83. The normalized spacial score (nSPS) is 24.0. The Morgan fingerprint density at radius 2 is 2.21 bits per heavy atom. The molecule has 1 saturated heterocycles. The van der Waals surface area contributed by atoms with Crippen molar-refractivity contribution in [3.8, 4) is 0 Å². The van der Waals surface area contributed by atoms with Crippen LogP contribution in [0.15, 0.2) is 0 Å². The summed E-state index contributed by atoms with van der Waals surface area (Å²) < 4.78 is 0. The molecule has 1 rings (SSSR count). The van der Waals surface area contributed by atoms with E-state index in [0.717, 1.165) is 5.25 Å². The van der Waals surface area contributed by atoms with Crippen molar-refractivity contribution in [1.29, 1.82) is 0 Å². The van der Waals surface area contributed by atoms with Crippen LogP contribution in [0.4, 0.5) is 0 Å². The molecule has 0 aromatic heterocycles. The molecule has 0 saturated carbocycles. The van der Waals surface area contributed by atoms with Crippen molar-refractivity contribution in [3.63, 3.8) is 0 Å². The molecule has 1 aliphatic rings. The maximum absolute atomic E-state index is 3.20. The smallest absolute Gasteiger partial charge is 0.0147 e. The summed E-state index contributed by atoms with van der Waals surface area (Å²) in [6, 6.07) is 0. The number of hydrogen-bond acceptors (Lipinski definition) is 3. The zero-order valence-electron chi connectivity index (χ0n) is 9.59. The molecule has 0 radical (unpaired) electrons. The molecule has 1 N–H and O–H groups in total. The third-order valence-corrected chi connectivity index (χ3v) is 3.86. The van der Waals surface area contributed by atoms with Gasteiger partial charge in [0.2, 0.25) is 0 Å². The van der Waals surface area contributed by atoms with E-state index in [0.29, 0.717) is 0 Å². The fourth-order valence-corrected chi connectivity index (χ4v) is 2.99. The van der Waals surface area contributed by atoms with E-state index < -0.39 is 0 Å². The van der Waals surface area contributed by atoms with E-state index in [1.165, 1.54) is 51.2 Å². The van der Waals surface area contributed by atoms with Crippen molar-refractivity contribution in [2.24, 2.45) is 0 Å². The summed E-state index contributed by atoms with van der Waals surface area (Å²) in [5.74, 6) is 1.33. The summed E-state index contributed by atoms with van der Waals surface area (Å²) in [6.07, 6.45) is 4.08. The maximum Gasteiger partial charge on any atom is 0.0147 e. The molecule has 3 heteroatoms. The molecule has 0 spiro atoms. The predicted molar refractivity (Wildman–Crippen MR) is 66.1 cm³/mol. The van der Waals surface area contributed by atoms with Gasteiger partial charge in [0.1, 0.15) is 0 Å². The van der Waals surface area contributed by atoms with Gasteiger partial charge >= 0.3 is 0 Å². The molecular weight excluding hydrogens is 192 g/mol. The van der Waals surface area contributed by atoms with Gasteiger partial charge in [-0.2, -0.15) is 11.8 Å². The van der Waals surface area contributed by atoms with Gasteiger partial charge in [-0.15, -0.1) is 0 Å². The summed E-state index contributed by atoms with van der Waals surface area (Å²) in [5, 5.41) is 4.04. The SMILES string of the molecule is CNCCCCCN1CCSC(C)C1. The van der Waals surface area contributed by atoms with Gasteiger partial charge < -0.3 is 10.2 Å². The van der Waals surface area contributed by atoms with E-state index in [2.05, 4.69) is 28.9 Å². The van der Waals surface area contributed by atoms with Crippen molar-refractivity contribution in [1.82, 2.24) is 10.2 Å². The summed E-state index contributed by atoms with van der Waals surface area (Å²) in [5.41, 5.74) is 0. The lowest BCUT2D eigenvalue weighted by Crippen LogP contribution is -2.37. The van der Waals surface area contributed by atoms with E-state index in [4.69, 9.17) is 0 Å². The van der Waals surface area contributed by atoms with E-state index in [1.54, 1.807) is 0 Å².